The summed E-state index contributed by atoms with van der Waals surface area (Å²) in [4.78, 5) is 6.28. The lowest BCUT2D eigenvalue weighted by molar-refractivity contribution is 0.113. The van der Waals surface area contributed by atoms with Crippen molar-refractivity contribution in [3.05, 3.63) is 35.6 Å². The second kappa shape index (κ2) is 9.19. The summed E-state index contributed by atoms with van der Waals surface area (Å²) in [6, 6.07) is 6.54. The van der Waals surface area contributed by atoms with Gasteiger partial charge in [-0.2, -0.15) is 0 Å². The van der Waals surface area contributed by atoms with E-state index in [0.717, 1.165) is 37.5 Å². The van der Waals surface area contributed by atoms with Gasteiger partial charge in [-0.15, -0.1) is 24.0 Å². The van der Waals surface area contributed by atoms with Gasteiger partial charge < -0.3 is 15.0 Å². The Bertz CT molecular complexity index is 447. The molecule has 1 aliphatic rings. The summed E-state index contributed by atoms with van der Waals surface area (Å²) in [5, 5.41) is 3.32. The monoisotopic (exact) mass is 407 g/mol. The molecule has 6 heteroatoms. The average Bonchev–Trinajstić information content (AvgIpc) is 2.95. The Morgan fingerprint density at radius 2 is 2.14 bits per heavy atom. The standard InChI is InChI=1S/C15H22FN3O.HI/c1-17-15(18-10-14-4-3-9-20-14)19(2)11-12-5-7-13(16)8-6-12;/h5-8,14H,3-4,9-11H2,1-2H3,(H,17,18);1H. The van der Waals surface area contributed by atoms with E-state index in [2.05, 4.69) is 10.3 Å². The van der Waals surface area contributed by atoms with Crippen molar-refractivity contribution in [2.75, 3.05) is 27.2 Å². The summed E-state index contributed by atoms with van der Waals surface area (Å²) in [5.74, 6) is 0.613. The first-order valence-corrected chi connectivity index (χ1v) is 6.97. The molecule has 1 fully saturated rings. The molecule has 0 radical (unpaired) electrons. The van der Waals surface area contributed by atoms with Gasteiger partial charge in [0.2, 0.25) is 0 Å². The molecular formula is C15H23FIN3O. The fourth-order valence-electron chi connectivity index (χ4n) is 2.33. The van der Waals surface area contributed by atoms with Gasteiger partial charge in [0.15, 0.2) is 5.96 Å². The summed E-state index contributed by atoms with van der Waals surface area (Å²) in [7, 11) is 3.73. The summed E-state index contributed by atoms with van der Waals surface area (Å²) >= 11 is 0. The van der Waals surface area contributed by atoms with Crippen LogP contribution in [-0.2, 0) is 11.3 Å². The van der Waals surface area contributed by atoms with E-state index in [1.807, 2.05) is 11.9 Å². The zero-order chi connectivity index (χ0) is 14.4. The van der Waals surface area contributed by atoms with Crippen LogP contribution in [0.2, 0.25) is 0 Å². The van der Waals surface area contributed by atoms with Gasteiger partial charge in [-0.3, -0.25) is 4.99 Å². The van der Waals surface area contributed by atoms with Gasteiger partial charge in [-0.1, -0.05) is 12.1 Å². The Morgan fingerprint density at radius 1 is 1.43 bits per heavy atom. The highest BCUT2D eigenvalue weighted by atomic mass is 127. The molecule has 0 spiro atoms. The largest absolute Gasteiger partial charge is 0.376 e. The Labute approximate surface area is 142 Å². The molecule has 21 heavy (non-hydrogen) atoms. The van der Waals surface area contributed by atoms with Gasteiger partial charge in [0, 0.05) is 33.8 Å². The maximum Gasteiger partial charge on any atom is 0.193 e. The van der Waals surface area contributed by atoms with E-state index in [4.69, 9.17) is 4.74 Å². The van der Waals surface area contributed by atoms with Crippen molar-refractivity contribution in [3.63, 3.8) is 0 Å². The zero-order valence-electron chi connectivity index (χ0n) is 12.5. The van der Waals surface area contributed by atoms with Crippen LogP contribution < -0.4 is 5.32 Å². The molecule has 0 aromatic heterocycles. The van der Waals surface area contributed by atoms with Crippen LogP contribution in [-0.4, -0.2) is 44.2 Å². The third-order valence-electron chi connectivity index (χ3n) is 3.42. The maximum absolute atomic E-state index is 12.9. The quantitative estimate of drug-likeness (QED) is 0.474. The SMILES string of the molecule is CN=C(NCC1CCCO1)N(C)Cc1ccc(F)cc1.I. The van der Waals surface area contributed by atoms with E-state index in [1.54, 1.807) is 19.2 Å². The topological polar surface area (TPSA) is 36.9 Å². The van der Waals surface area contributed by atoms with Gasteiger partial charge in [0.1, 0.15) is 5.82 Å². The molecule has 0 amide bonds. The Hall–Kier alpha value is -0.890. The van der Waals surface area contributed by atoms with Gasteiger partial charge >= 0.3 is 0 Å². The molecule has 1 aliphatic heterocycles. The van der Waals surface area contributed by atoms with Crippen LogP contribution in [0.1, 0.15) is 18.4 Å². The molecule has 1 unspecified atom stereocenters. The molecule has 1 aromatic carbocycles. The molecule has 1 saturated heterocycles. The van der Waals surface area contributed by atoms with Crippen molar-refractivity contribution in [3.8, 4) is 0 Å². The van der Waals surface area contributed by atoms with Crippen molar-refractivity contribution in [2.24, 2.45) is 4.99 Å². The van der Waals surface area contributed by atoms with Crippen LogP contribution in [0.25, 0.3) is 0 Å². The number of aliphatic imine (C=N–C) groups is 1. The fraction of sp³-hybridized carbons (Fsp3) is 0.533. The number of nitrogens with one attached hydrogen (secondary N) is 1. The zero-order valence-corrected chi connectivity index (χ0v) is 14.8. The summed E-state index contributed by atoms with van der Waals surface area (Å²) < 4.78 is 18.5. The maximum atomic E-state index is 12.9. The number of guanidine groups is 1. The highest BCUT2D eigenvalue weighted by molar-refractivity contribution is 14.0. The molecule has 1 heterocycles. The van der Waals surface area contributed by atoms with Crippen molar-refractivity contribution < 1.29 is 9.13 Å². The fourth-order valence-corrected chi connectivity index (χ4v) is 2.33. The number of halogens is 2. The molecule has 2 rings (SSSR count). The van der Waals surface area contributed by atoms with Gasteiger partial charge in [-0.25, -0.2) is 4.39 Å². The van der Waals surface area contributed by atoms with Crippen LogP contribution in [0.5, 0.6) is 0 Å². The minimum atomic E-state index is -0.211. The summed E-state index contributed by atoms with van der Waals surface area (Å²) in [6.45, 7) is 2.32. The highest BCUT2D eigenvalue weighted by Gasteiger charge is 2.16. The molecule has 1 N–H and O–H groups in total. The minimum absolute atomic E-state index is 0. The van der Waals surface area contributed by atoms with E-state index < -0.39 is 0 Å². The molecule has 1 aromatic rings. The highest BCUT2D eigenvalue weighted by Crippen LogP contribution is 2.11. The van der Waals surface area contributed by atoms with E-state index in [1.165, 1.54) is 12.1 Å². The van der Waals surface area contributed by atoms with E-state index in [9.17, 15) is 4.39 Å². The van der Waals surface area contributed by atoms with Crippen LogP contribution >= 0.6 is 24.0 Å². The second-order valence-corrected chi connectivity index (χ2v) is 5.05. The van der Waals surface area contributed by atoms with E-state index >= 15 is 0 Å². The molecule has 118 valence electrons. The predicted molar refractivity (Wildman–Crippen MR) is 93.6 cm³/mol. The number of ether oxygens (including phenoxy) is 1. The van der Waals surface area contributed by atoms with Gasteiger partial charge in [-0.05, 0) is 30.5 Å². The Morgan fingerprint density at radius 3 is 2.71 bits per heavy atom. The third kappa shape index (κ3) is 5.78. The third-order valence-corrected chi connectivity index (χ3v) is 3.42. The first-order valence-electron chi connectivity index (χ1n) is 6.97. The molecule has 0 saturated carbocycles. The first-order chi connectivity index (χ1) is 9.69. The molecule has 4 nitrogen and oxygen atoms in total. The lowest BCUT2D eigenvalue weighted by Crippen LogP contribution is -2.41. The van der Waals surface area contributed by atoms with Crippen LogP contribution in [0.3, 0.4) is 0 Å². The van der Waals surface area contributed by atoms with Crippen LogP contribution in [0.15, 0.2) is 29.3 Å². The smallest absolute Gasteiger partial charge is 0.193 e. The summed E-state index contributed by atoms with van der Waals surface area (Å²) in [5.41, 5.74) is 1.05. The van der Waals surface area contributed by atoms with E-state index in [0.29, 0.717) is 6.54 Å². The average molecular weight is 407 g/mol. The van der Waals surface area contributed by atoms with E-state index in [-0.39, 0.29) is 35.9 Å². The van der Waals surface area contributed by atoms with Crippen molar-refractivity contribution in [1.82, 2.24) is 10.2 Å². The van der Waals surface area contributed by atoms with Gasteiger partial charge in [0.05, 0.1) is 6.10 Å². The van der Waals surface area contributed by atoms with Crippen molar-refractivity contribution in [2.45, 2.75) is 25.5 Å². The number of hydrogen-bond donors (Lipinski definition) is 1. The molecule has 1 atom stereocenters. The number of rotatable bonds is 4. The normalized spacial score (nSPS) is 18.2. The number of hydrogen-bond acceptors (Lipinski definition) is 2. The Kier molecular flexibility index (Phi) is 7.95. The Balaban J connectivity index is 0.00000220. The number of benzene rings is 1. The number of nitrogens with zero attached hydrogens (tertiary/aromatic N) is 2. The lowest BCUT2D eigenvalue weighted by atomic mass is 10.2. The van der Waals surface area contributed by atoms with Crippen molar-refractivity contribution in [1.29, 1.82) is 0 Å². The van der Waals surface area contributed by atoms with Crippen LogP contribution in [0.4, 0.5) is 4.39 Å². The minimum Gasteiger partial charge on any atom is -0.376 e. The first kappa shape index (κ1) is 18.2. The van der Waals surface area contributed by atoms with Gasteiger partial charge in [0.25, 0.3) is 0 Å². The molecule has 0 aliphatic carbocycles. The molecular weight excluding hydrogens is 384 g/mol. The van der Waals surface area contributed by atoms with Crippen molar-refractivity contribution >= 4 is 29.9 Å². The summed E-state index contributed by atoms with van der Waals surface area (Å²) in [6.07, 6.45) is 2.52. The predicted octanol–water partition coefficient (Wildman–Crippen LogP) is 2.63. The van der Waals surface area contributed by atoms with Crippen LogP contribution in [0, 0.1) is 5.82 Å². The molecule has 0 bridgehead atoms. The lowest BCUT2D eigenvalue weighted by Gasteiger charge is -2.23. The second-order valence-electron chi connectivity index (χ2n) is 5.05.